The summed E-state index contributed by atoms with van der Waals surface area (Å²) in [5.74, 6) is 0.440. The number of carbonyl (C=O) groups is 2. The predicted molar refractivity (Wildman–Crippen MR) is 70.1 cm³/mol. The molecular weight excluding hydrogens is 268 g/mol. The van der Waals surface area contributed by atoms with Crippen LogP contribution < -0.4 is 0 Å². The van der Waals surface area contributed by atoms with Crippen LogP contribution in [-0.4, -0.2) is 29.9 Å². The molecule has 0 amide bonds. The Morgan fingerprint density at radius 1 is 1.53 bits per heavy atom. The lowest BCUT2D eigenvalue weighted by Gasteiger charge is -2.11. The molecule has 0 spiro atoms. The van der Waals surface area contributed by atoms with E-state index in [9.17, 15) is 9.59 Å². The van der Waals surface area contributed by atoms with Crippen molar-refractivity contribution in [2.45, 2.75) is 25.0 Å². The molecule has 0 saturated heterocycles. The third-order valence-electron chi connectivity index (χ3n) is 3.27. The Morgan fingerprint density at radius 2 is 2.26 bits per heavy atom. The molecule has 2 rings (SSSR count). The first-order valence-corrected chi connectivity index (χ1v) is 7.16. The number of esters is 1. The number of hydrogen-bond donors (Lipinski definition) is 1. The normalized spacial score (nSPS) is 16.1. The second kappa shape index (κ2) is 5.69. The molecule has 1 aliphatic rings. The van der Waals surface area contributed by atoms with Crippen LogP contribution >= 0.6 is 11.8 Å². The first-order chi connectivity index (χ1) is 9.06. The number of carbonyl (C=O) groups excluding carboxylic acids is 1. The van der Waals surface area contributed by atoms with Crippen molar-refractivity contribution < 1.29 is 23.8 Å². The van der Waals surface area contributed by atoms with Crippen molar-refractivity contribution in [2.75, 3.05) is 12.9 Å². The van der Waals surface area contributed by atoms with E-state index in [1.165, 1.54) is 13.4 Å². The number of hydrogen-bond acceptors (Lipinski definition) is 5. The molecule has 0 aliphatic heterocycles. The maximum Gasteiger partial charge on any atom is 0.374 e. The first-order valence-electron chi connectivity index (χ1n) is 6.00. The SMILES string of the molecule is COC(=O)c1occc1CSCC1(CC(=O)O)CC1. The third kappa shape index (κ3) is 3.53. The van der Waals surface area contributed by atoms with Gasteiger partial charge in [0.2, 0.25) is 5.76 Å². The minimum atomic E-state index is -0.739. The molecular formula is C13H16O5S. The van der Waals surface area contributed by atoms with Crippen molar-refractivity contribution in [3.05, 3.63) is 23.7 Å². The Bertz CT molecular complexity index is 475. The average Bonchev–Trinajstić information content (AvgIpc) is 2.95. The second-order valence-corrected chi connectivity index (χ2v) is 5.82. The van der Waals surface area contributed by atoms with Crippen molar-refractivity contribution in [1.82, 2.24) is 0 Å². The fraction of sp³-hybridized carbons (Fsp3) is 0.538. The van der Waals surface area contributed by atoms with Gasteiger partial charge in [-0.05, 0) is 30.1 Å². The van der Waals surface area contributed by atoms with E-state index in [4.69, 9.17) is 9.52 Å². The molecule has 1 N–H and O–H groups in total. The summed E-state index contributed by atoms with van der Waals surface area (Å²) < 4.78 is 9.73. The number of ether oxygens (including phenoxy) is 1. The highest BCUT2D eigenvalue weighted by molar-refractivity contribution is 7.98. The highest BCUT2D eigenvalue weighted by Gasteiger charge is 2.44. The van der Waals surface area contributed by atoms with Gasteiger partial charge in [-0.3, -0.25) is 4.79 Å². The van der Waals surface area contributed by atoms with Gasteiger partial charge in [-0.25, -0.2) is 4.79 Å². The molecule has 5 nitrogen and oxygen atoms in total. The number of carboxylic acid groups (broad SMARTS) is 1. The summed E-state index contributed by atoms with van der Waals surface area (Å²) in [5.41, 5.74) is 0.758. The quantitative estimate of drug-likeness (QED) is 0.775. The van der Waals surface area contributed by atoms with Crippen molar-refractivity contribution in [3.63, 3.8) is 0 Å². The zero-order valence-corrected chi connectivity index (χ0v) is 11.5. The van der Waals surface area contributed by atoms with Gasteiger partial charge in [0.25, 0.3) is 0 Å². The van der Waals surface area contributed by atoms with E-state index in [0.29, 0.717) is 5.75 Å². The molecule has 1 aromatic rings. The summed E-state index contributed by atoms with van der Waals surface area (Å²) in [5, 5.41) is 8.84. The van der Waals surface area contributed by atoms with Crippen LogP contribution in [0.3, 0.4) is 0 Å². The molecule has 0 bridgehead atoms. The topological polar surface area (TPSA) is 76.7 Å². The number of aliphatic carboxylic acids is 1. The summed E-state index contributed by atoms with van der Waals surface area (Å²) >= 11 is 1.63. The Balaban J connectivity index is 1.85. The van der Waals surface area contributed by atoms with Gasteiger partial charge in [0.05, 0.1) is 19.8 Å². The van der Waals surface area contributed by atoms with Gasteiger partial charge >= 0.3 is 11.9 Å². The predicted octanol–water partition coefficient (Wildman–Crippen LogP) is 2.55. The lowest BCUT2D eigenvalue weighted by Crippen LogP contribution is -2.11. The zero-order valence-electron chi connectivity index (χ0n) is 10.7. The summed E-state index contributed by atoms with van der Waals surface area (Å²) in [7, 11) is 1.31. The Morgan fingerprint density at radius 3 is 2.84 bits per heavy atom. The first kappa shape index (κ1) is 14.0. The fourth-order valence-corrected chi connectivity index (χ4v) is 3.34. The molecule has 0 atom stereocenters. The molecule has 1 fully saturated rings. The molecule has 1 aromatic heterocycles. The molecule has 104 valence electrons. The van der Waals surface area contributed by atoms with Crippen LogP contribution in [0, 0.1) is 5.41 Å². The van der Waals surface area contributed by atoms with Crippen LogP contribution in [0.4, 0.5) is 0 Å². The number of thioether (sulfide) groups is 1. The molecule has 0 aromatic carbocycles. The molecule has 1 heterocycles. The summed E-state index contributed by atoms with van der Waals surface area (Å²) in [6, 6.07) is 1.75. The van der Waals surface area contributed by atoms with Crippen molar-refractivity contribution in [3.8, 4) is 0 Å². The van der Waals surface area contributed by atoms with E-state index in [0.717, 1.165) is 24.2 Å². The molecule has 6 heteroatoms. The fourth-order valence-electron chi connectivity index (χ4n) is 1.97. The number of methoxy groups -OCH3 is 1. The monoisotopic (exact) mass is 284 g/mol. The van der Waals surface area contributed by atoms with Crippen molar-refractivity contribution >= 4 is 23.7 Å². The second-order valence-electron chi connectivity index (χ2n) is 4.83. The van der Waals surface area contributed by atoms with Crippen LogP contribution in [0.25, 0.3) is 0 Å². The highest BCUT2D eigenvalue weighted by Crippen LogP contribution is 2.51. The summed E-state index contributed by atoms with van der Waals surface area (Å²) in [6.45, 7) is 0. The molecule has 0 unspecified atom stereocenters. The molecule has 1 aliphatic carbocycles. The van der Waals surface area contributed by atoms with E-state index in [2.05, 4.69) is 4.74 Å². The average molecular weight is 284 g/mol. The number of rotatable bonds is 7. The zero-order chi connectivity index (χ0) is 13.9. The van der Waals surface area contributed by atoms with Gasteiger partial charge < -0.3 is 14.3 Å². The summed E-state index contributed by atoms with van der Waals surface area (Å²) in [4.78, 5) is 22.2. The minimum Gasteiger partial charge on any atom is -0.481 e. The maximum atomic E-state index is 11.4. The summed E-state index contributed by atoms with van der Waals surface area (Å²) in [6.07, 6.45) is 3.64. The van der Waals surface area contributed by atoms with E-state index >= 15 is 0 Å². The van der Waals surface area contributed by atoms with E-state index in [1.54, 1.807) is 17.8 Å². The van der Waals surface area contributed by atoms with Crippen LogP contribution in [0.15, 0.2) is 16.7 Å². The Hall–Kier alpha value is -1.43. The van der Waals surface area contributed by atoms with Gasteiger partial charge in [0, 0.05) is 11.3 Å². The van der Waals surface area contributed by atoms with Crippen molar-refractivity contribution in [2.24, 2.45) is 5.41 Å². The highest BCUT2D eigenvalue weighted by atomic mass is 32.2. The van der Waals surface area contributed by atoms with Gasteiger partial charge in [0.1, 0.15) is 0 Å². The van der Waals surface area contributed by atoms with E-state index in [1.807, 2.05) is 0 Å². The van der Waals surface area contributed by atoms with Gasteiger partial charge in [-0.15, -0.1) is 0 Å². The van der Waals surface area contributed by atoms with Crippen molar-refractivity contribution in [1.29, 1.82) is 0 Å². The van der Waals surface area contributed by atoms with E-state index in [-0.39, 0.29) is 17.6 Å². The van der Waals surface area contributed by atoms with E-state index < -0.39 is 11.9 Å². The molecule has 19 heavy (non-hydrogen) atoms. The third-order valence-corrected chi connectivity index (χ3v) is 4.60. The van der Waals surface area contributed by atoms with Gasteiger partial charge in [-0.1, -0.05) is 0 Å². The van der Waals surface area contributed by atoms with Gasteiger partial charge in [0.15, 0.2) is 0 Å². The Labute approximate surface area is 115 Å². The lowest BCUT2D eigenvalue weighted by atomic mass is 10.1. The Kier molecular flexibility index (Phi) is 4.19. The minimum absolute atomic E-state index is 0.0360. The van der Waals surface area contributed by atoms with Crippen LogP contribution in [0.5, 0.6) is 0 Å². The largest absolute Gasteiger partial charge is 0.481 e. The van der Waals surface area contributed by atoms with Gasteiger partial charge in [-0.2, -0.15) is 11.8 Å². The smallest absolute Gasteiger partial charge is 0.374 e. The number of carboxylic acids is 1. The number of furan rings is 1. The standard InChI is InChI=1S/C13H16O5S/c1-17-12(16)11-9(2-5-18-11)7-19-8-13(3-4-13)6-10(14)15/h2,5H,3-4,6-8H2,1H3,(H,14,15). The van der Waals surface area contributed by atoms with Crippen LogP contribution in [0.1, 0.15) is 35.4 Å². The molecule has 0 radical (unpaired) electrons. The maximum absolute atomic E-state index is 11.4. The molecule has 1 saturated carbocycles. The lowest BCUT2D eigenvalue weighted by molar-refractivity contribution is -0.138. The van der Waals surface area contributed by atoms with Crippen LogP contribution in [-0.2, 0) is 15.3 Å². The van der Waals surface area contributed by atoms with Crippen LogP contribution in [0.2, 0.25) is 0 Å².